The lowest BCUT2D eigenvalue weighted by Crippen LogP contribution is -2.09. The van der Waals surface area contributed by atoms with Gasteiger partial charge in [-0.25, -0.2) is 0 Å². The van der Waals surface area contributed by atoms with Crippen LogP contribution in [0.2, 0.25) is 10.0 Å². The minimum atomic E-state index is -0.263. The molecule has 0 fully saturated rings. The van der Waals surface area contributed by atoms with E-state index in [1.165, 1.54) is 26.0 Å². The zero-order chi connectivity index (χ0) is 16.3. The van der Waals surface area contributed by atoms with Crippen LogP contribution in [0.1, 0.15) is 16.6 Å². The molecule has 1 aromatic heterocycles. The summed E-state index contributed by atoms with van der Waals surface area (Å²) in [5.41, 5.74) is 7.23. The van der Waals surface area contributed by atoms with Gasteiger partial charge in [-0.3, -0.25) is 0 Å². The van der Waals surface area contributed by atoms with Crippen LogP contribution in [-0.2, 0) is 0 Å². The summed E-state index contributed by atoms with van der Waals surface area (Å²) in [5.74, 6) is 0.460. The van der Waals surface area contributed by atoms with Crippen LogP contribution in [0.15, 0.2) is 12.1 Å². The van der Waals surface area contributed by atoms with E-state index in [-0.39, 0.29) is 17.3 Å². The molecule has 22 heavy (non-hydrogen) atoms. The Kier molecular flexibility index (Phi) is 5.55. The van der Waals surface area contributed by atoms with Gasteiger partial charge in [-0.2, -0.15) is 9.97 Å². The molecule has 0 aliphatic rings. The maximum Gasteiger partial charge on any atom is 0.322 e. The first-order valence-electron chi connectivity index (χ1n) is 6.12. The summed E-state index contributed by atoms with van der Waals surface area (Å²) in [6.07, 6.45) is 1.91. The number of rotatable bonds is 5. The Morgan fingerprint density at radius 1 is 1.09 bits per heavy atom. The van der Waals surface area contributed by atoms with Crippen LogP contribution in [0.4, 0.5) is 5.69 Å². The number of nitrogens with two attached hydrogens (primary N) is 1. The van der Waals surface area contributed by atoms with Crippen molar-refractivity contribution in [1.29, 1.82) is 0 Å². The van der Waals surface area contributed by atoms with Crippen LogP contribution in [0.5, 0.6) is 12.0 Å². The Morgan fingerprint density at radius 2 is 1.68 bits per heavy atom. The van der Waals surface area contributed by atoms with Gasteiger partial charge in [0.2, 0.25) is 0 Å². The first-order chi connectivity index (χ1) is 10.5. The number of halogens is 2. The molecule has 1 aromatic carbocycles. The Hall–Kier alpha value is -1.44. The lowest BCUT2D eigenvalue weighted by molar-refractivity contribution is 0.336. The minimum Gasteiger partial charge on any atom is -0.467 e. The fourth-order valence-electron chi connectivity index (χ4n) is 1.83. The Bertz CT molecular complexity index is 665. The molecule has 0 amide bonds. The van der Waals surface area contributed by atoms with Gasteiger partial charge in [-0.1, -0.05) is 29.3 Å². The summed E-state index contributed by atoms with van der Waals surface area (Å²) in [7, 11) is 2.94. The van der Waals surface area contributed by atoms with E-state index < -0.39 is 0 Å². The second kappa shape index (κ2) is 7.21. The van der Waals surface area contributed by atoms with Crippen molar-refractivity contribution in [2.75, 3.05) is 26.2 Å². The van der Waals surface area contributed by atoms with Gasteiger partial charge in [0.15, 0.2) is 5.82 Å². The monoisotopic (exact) mass is 360 g/mol. The maximum absolute atomic E-state index is 6.12. The molecule has 0 spiro atoms. The van der Waals surface area contributed by atoms with Gasteiger partial charge >= 0.3 is 12.0 Å². The molecule has 2 N–H and O–H groups in total. The van der Waals surface area contributed by atoms with Crippen molar-refractivity contribution in [3.8, 4) is 12.0 Å². The van der Waals surface area contributed by atoms with Crippen LogP contribution in [0.25, 0.3) is 0 Å². The van der Waals surface area contributed by atoms with E-state index in [0.29, 0.717) is 21.6 Å². The Morgan fingerprint density at radius 3 is 2.18 bits per heavy atom. The topological polar surface area (TPSA) is 83.2 Å². The highest BCUT2D eigenvalue weighted by molar-refractivity contribution is 7.99. The van der Waals surface area contributed by atoms with Gasteiger partial charge in [0.25, 0.3) is 0 Å². The van der Waals surface area contributed by atoms with E-state index in [2.05, 4.69) is 15.0 Å². The van der Waals surface area contributed by atoms with Crippen LogP contribution < -0.4 is 15.2 Å². The number of anilines is 1. The zero-order valence-corrected chi connectivity index (χ0v) is 14.5. The Labute approximate surface area is 142 Å². The first-order valence-corrected chi connectivity index (χ1v) is 8.16. The third kappa shape index (κ3) is 3.31. The first kappa shape index (κ1) is 16.9. The van der Waals surface area contributed by atoms with Crippen molar-refractivity contribution in [3.63, 3.8) is 0 Å². The summed E-state index contributed by atoms with van der Waals surface area (Å²) in [5, 5.41) is 0.445. The van der Waals surface area contributed by atoms with E-state index in [1.807, 2.05) is 6.26 Å². The summed E-state index contributed by atoms with van der Waals surface area (Å²) in [6, 6.07) is 3.82. The largest absolute Gasteiger partial charge is 0.467 e. The molecule has 9 heteroatoms. The highest BCUT2D eigenvalue weighted by Gasteiger charge is 2.23. The maximum atomic E-state index is 6.12. The quantitative estimate of drug-likeness (QED) is 0.819. The molecule has 1 heterocycles. The van der Waals surface area contributed by atoms with Gasteiger partial charge in [0, 0.05) is 0 Å². The van der Waals surface area contributed by atoms with Crippen molar-refractivity contribution in [3.05, 3.63) is 33.6 Å². The molecule has 0 bridgehead atoms. The number of hydrogen-bond donors (Lipinski definition) is 1. The van der Waals surface area contributed by atoms with Crippen molar-refractivity contribution < 1.29 is 9.47 Å². The lowest BCUT2D eigenvalue weighted by Gasteiger charge is -2.17. The smallest absolute Gasteiger partial charge is 0.322 e. The van der Waals surface area contributed by atoms with E-state index in [4.69, 9.17) is 38.4 Å². The van der Waals surface area contributed by atoms with E-state index in [9.17, 15) is 0 Å². The number of nitrogens with zero attached hydrogens (tertiary/aromatic N) is 3. The van der Waals surface area contributed by atoms with Gasteiger partial charge in [-0.15, -0.1) is 16.7 Å². The zero-order valence-electron chi connectivity index (χ0n) is 12.1. The van der Waals surface area contributed by atoms with Gasteiger partial charge in [0.05, 0.1) is 35.2 Å². The average molecular weight is 361 g/mol. The molecule has 0 saturated heterocycles. The van der Waals surface area contributed by atoms with Crippen molar-refractivity contribution in [2.24, 2.45) is 0 Å². The molecular weight excluding hydrogens is 347 g/mol. The number of ether oxygens (including phenoxy) is 2. The normalized spacial score (nSPS) is 12.0. The number of aromatic nitrogens is 3. The number of hydrogen-bond acceptors (Lipinski definition) is 7. The molecule has 0 saturated carbocycles. The molecule has 2 aromatic rings. The number of benzene rings is 1. The highest BCUT2D eigenvalue weighted by atomic mass is 35.5. The fourth-order valence-corrected chi connectivity index (χ4v) is 2.95. The number of nitrogen functional groups attached to an aromatic ring is 1. The third-order valence-electron chi connectivity index (χ3n) is 2.90. The molecule has 0 radical (unpaired) electrons. The molecule has 0 aliphatic carbocycles. The Balaban J connectivity index is 2.55. The van der Waals surface area contributed by atoms with Crippen molar-refractivity contribution >= 4 is 40.7 Å². The fraction of sp³-hybridized carbons (Fsp3) is 0.308. The summed E-state index contributed by atoms with van der Waals surface area (Å²) >= 11 is 13.6. The average Bonchev–Trinajstić information content (AvgIpc) is 2.55. The van der Waals surface area contributed by atoms with Crippen molar-refractivity contribution in [2.45, 2.75) is 5.25 Å². The van der Waals surface area contributed by atoms with E-state index >= 15 is 0 Å². The van der Waals surface area contributed by atoms with E-state index in [0.717, 1.165) is 5.56 Å². The van der Waals surface area contributed by atoms with E-state index in [1.54, 1.807) is 12.1 Å². The van der Waals surface area contributed by atoms with Crippen LogP contribution in [0.3, 0.4) is 0 Å². The van der Waals surface area contributed by atoms with Gasteiger partial charge in [-0.05, 0) is 17.9 Å². The van der Waals surface area contributed by atoms with Crippen molar-refractivity contribution in [1.82, 2.24) is 15.0 Å². The third-order valence-corrected chi connectivity index (χ3v) is 4.65. The standard InChI is InChI=1S/C13H14Cl2N4O2S/c1-20-12-17-11(18-13(19-12)21-2)10(22-3)6-4-5-7(14)8(15)9(6)16/h4-5,10H,16H2,1-3H3. The van der Waals surface area contributed by atoms with Gasteiger partial charge in [0.1, 0.15) is 0 Å². The van der Waals surface area contributed by atoms with Crippen LogP contribution in [0, 0.1) is 0 Å². The highest BCUT2D eigenvalue weighted by Crippen LogP contribution is 2.40. The minimum absolute atomic E-state index is 0.166. The summed E-state index contributed by atoms with van der Waals surface area (Å²) in [4.78, 5) is 12.5. The predicted molar refractivity (Wildman–Crippen MR) is 89.2 cm³/mol. The SMILES string of the molecule is COc1nc(OC)nc(C(SC)c2ccc(Cl)c(Cl)c2N)n1. The van der Waals surface area contributed by atoms with Crippen LogP contribution >= 0.6 is 35.0 Å². The molecule has 1 atom stereocenters. The molecule has 2 rings (SSSR count). The molecule has 6 nitrogen and oxygen atoms in total. The summed E-state index contributed by atoms with van der Waals surface area (Å²) < 4.78 is 10.1. The lowest BCUT2D eigenvalue weighted by atomic mass is 10.1. The summed E-state index contributed by atoms with van der Waals surface area (Å²) in [6.45, 7) is 0. The van der Waals surface area contributed by atoms with Crippen LogP contribution in [-0.4, -0.2) is 35.4 Å². The molecule has 1 unspecified atom stereocenters. The molecular formula is C13H14Cl2N4O2S. The molecule has 0 aliphatic heterocycles. The predicted octanol–water partition coefficient (Wildman–Crippen LogP) is 3.23. The second-order valence-electron chi connectivity index (χ2n) is 4.15. The molecule has 118 valence electrons. The number of thioether (sulfide) groups is 1. The second-order valence-corrected chi connectivity index (χ2v) is 5.87. The van der Waals surface area contributed by atoms with Gasteiger partial charge < -0.3 is 15.2 Å². The number of methoxy groups -OCH3 is 2.